The zero-order valence-corrected chi connectivity index (χ0v) is 13.3. The van der Waals surface area contributed by atoms with Gasteiger partial charge in [-0.05, 0) is 31.4 Å². The SMILES string of the molecule is Cc1nc2c(c(N3CCC[C@H](O)C3)n1)Cc1ccccc1OC2. The number of aryl methyl sites for hydroxylation is 1. The molecule has 1 fully saturated rings. The molecule has 0 bridgehead atoms. The van der Waals surface area contributed by atoms with E-state index < -0.39 is 0 Å². The third kappa shape index (κ3) is 2.77. The third-order valence-electron chi connectivity index (χ3n) is 4.58. The van der Waals surface area contributed by atoms with E-state index in [-0.39, 0.29) is 6.10 Å². The van der Waals surface area contributed by atoms with Gasteiger partial charge in [-0.1, -0.05) is 18.2 Å². The van der Waals surface area contributed by atoms with Gasteiger partial charge in [-0.3, -0.25) is 0 Å². The molecule has 1 aromatic carbocycles. The summed E-state index contributed by atoms with van der Waals surface area (Å²) in [6.07, 6.45) is 2.36. The summed E-state index contributed by atoms with van der Waals surface area (Å²) < 4.78 is 5.94. The van der Waals surface area contributed by atoms with E-state index in [1.165, 1.54) is 0 Å². The average Bonchev–Trinajstić information content (AvgIpc) is 2.73. The maximum Gasteiger partial charge on any atom is 0.136 e. The van der Waals surface area contributed by atoms with Crippen molar-refractivity contribution >= 4 is 5.82 Å². The fourth-order valence-corrected chi connectivity index (χ4v) is 3.47. The summed E-state index contributed by atoms with van der Waals surface area (Å²) in [6.45, 7) is 3.97. The molecule has 0 saturated carbocycles. The Bertz CT molecular complexity index is 732. The lowest BCUT2D eigenvalue weighted by Gasteiger charge is -2.32. The van der Waals surface area contributed by atoms with Crippen molar-refractivity contribution in [1.29, 1.82) is 0 Å². The molecule has 5 nitrogen and oxygen atoms in total. The number of aromatic nitrogens is 2. The Morgan fingerprint density at radius 1 is 1.26 bits per heavy atom. The summed E-state index contributed by atoms with van der Waals surface area (Å²) in [6, 6.07) is 8.13. The molecule has 2 aliphatic heterocycles. The number of hydrogen-bond donors (Lipinski definition) is 1. The molecule has 23 heavy (non-hydrogen) atoms. The van der Waals surface area contributed by atoms with E-state index in [4.69, 9.17) is 9.72 Å². The smallest absolute Gasteiger partial charge is 0.136 e. The molecule has 3 heterocycles. The first-order valence-corrected chi connectivity index (χ1v) is 8.21. The van der Waals surface area contributed by atoms with Crippen molar-refractivity contribution in [3.8, 4) is 5.75 Å². The molecule has 1 saturated heterocycles. The van der Waals surface area contributed by atoms with E-state index in [1.54, 1.807) is 0 Å². The van der Waals surface area contributed by atoms with Crippen LogP contribution in [0.5, 0.6) is 5.75 Å². The van der Waals surface area contributed by atoms with Crippen LogP contribution in [0.1, 0.15) is 35.5 Å². The molecule has 0 unspecified atom stereocenters. The zero-order chi connectivity index (χ0) is 15.8. The number of hydrogen-bond acceptors (Lipinski definition) is 5. The second-order valence-corrected chi connectivity index (χ2v) is 6.33. The molecule has 1 N–H and O–H groups in total. The van der Waals surface area contributed by atoms with Gasteiger partial charge in [-0.25, -0.2) is 9.97 Å². The van der Waals surface area contributed by atoms with Gasteiger partial charge in [0.15, 0.2) is 0 Å². The summed E-state index contributed by atoms with van der Waals surface area (Å²) in [5, 5.41) is 10.0. The summed E-state index contributed by atoms with van der Waals surface area (Å²) in [5.74, 6) is 2.65. The minimum Gasteiger partial charge on any atom is -0.487 e. The Labute approximate surface area is 136 Å². The lowest BCUT2D eigenvalue weighted by atomic mass is 10.0. The van der Waals surface area contributed by atoms with Crippen LogP contribution in [0, 0.1) is 6.92 Å². The predicted octanol–water partition coefficient (Wildman–Crippen LogP) is 2.23. The minimum absolute atomic E-state index is 0.274. The quantitative estimate of drug-likeness (QED) is 0.875. The molecule has 1 aromatic heterocycles. The van der Waals surface area contributed by atoms with Gasteiger partial charge in [0.1, 0.15) is 24.0 Å². The van der Waals surface area contributed by atoms with Crippen LogP contribution in [0.15, 0.2) is 24.3 Å². The lowest BCUT2D eigenvalue weighted by molar-refractivity contribution is 0.153. The van der Waals surface area contributed by atoms with Crippen molar-refractivity contribution in [3.63, 3.8) is 0 Å². The zero-order valence-electron chi connectivity index (χ0n) is 13.3. The molecular weight excluding hydrogens is 290 g/mol. The summed E-state index contributed by atoms with van der Waals surface area (Å²) in [4.78, 5) is 11.5. The predicted molar refractivity (Wildman–Crippen MR) is 87.8 cm³/mol. The number of para-hydroxylation sites is 1. The molecule has 0 amide bonds. The standard InChI is InChI=1S/C18H21N3O2/c1-12-19-16-11-23-17-7-3-2-5-13(17)9-15(16)18(20-12)21-8-4-6-14(22)10-21/h2-3,5,7,14,22H,4,6,8-11H2,1H3/t14-/m0/s1. The molecule has 2 aliphatic rings. The second-order valence-electron chi connectivity index (χ2n) is 6.33. The van der Waals surface area contributed by atoms with Crippen LogP contribution in [0.3, 0.4) is 0 Å². The highest BCUT2D eigenvalue weighted by atomic mass is 16.5. The van der Waals surface area contributed by atoms with Gasteiger partial charge < -0.3 is 14.7 Å². The van der Waals surface area contributed by atoms with Crippen molar-refractivity contribution in [2.75, 3.05) is 18.0 Å². The molecular formula is C18H21N3O2. The molecule has 0 radical (unpaired) electrons. The third-order valence-corrected chi connectivity index (χ3v) is 4.58. The van der Waals surface area contributed by atoms with Crippen LogP contribution >= 0.6 is 0 Å². The number of β-amino-alcohol motifs (C(OH)–C–C–N with tert-alkyl or cyclic N) is 1. The molecule has 5 heteroatoms. The monoisotopic (exact) mass is 311 g/mol. The molecule has 0 spiro atoms. The molecule has 2 aromatic rings. The van der Waals surface area contributed by atoms with Gasteiger partial charge in [0.2, 0.25) is 0 Å². The normalized spacial score (nSPS) is 20.3. The Morgan fingerprint density at radius 2 is 2.13 bits per heavy atom. The summed E-state index contributed by atoms with van der Waals surface area (Å²) in [7, 11) is 0. The Morgan fingerprint density at radius 3 is 3.00 bits per heavy atom. The summed E-state index contributed by atoms with van der Waals surface area (Å²) >= 11 is 0. The van der Waals surface area contributed by atoms with E-state index >= 15 is 0 Å². The first-order valence-electron chi connectivity index (χ1n) is 8.21. The number of nitrogens with zero attached hydrogens (tertiary/aromatic N) is 3. The van der Waals surface area contributed by atoms with E-state index in [1.807, 2.05) is 25.1 Å². The molecule has 1 atom stereocenters. The highest BCUT2D eigenvalue weighted by Gasteiger charge is 2.26. The van der Waals surface area contributed by atoms with E-state index in [2.05, 4.69) is 16.0 Å². The van der Waals surface area contributed by atoms with Crippen LogP contribution < -0.4 is 9.64 Å². The van der Waals surface area contributed by atoms with E-state index in [0.29, 0.717) is 13.2 Å². The van der Waals surface area contributed by atoms with Crippen LogP contribution in [0.25, 0.3) is 0 Å². The van der Waals surface area contributed by atoms with E-state index in [9.17, 15) is 5.11 Å². The number of aliphatic hydroxyl groups excluding tert-OH is 1. The largest absolute Gasteiger partial charge is 0.487 e. The van der Waals surface area contributed by atoms with Gasteiger partial charge in [-0.2, -0.15) is 0 Å². The van der Waals surface area contributed by atoms with Crippen LogP contribution in [-0.4, -0.2) is 34.3 Å². The number of ether oxygens (including phenoxy) is 1. The van der Waals surface area contributed by atoms with Crippen LogP contribution in [0.4, 0.5) is 5.82 Å². The van der Waals surface area contributed by atoms with Crippen molar-refractivity contribution in [2.24, 2.45) is 0 Å². The Kier molecular flexibility index (Phi) is 3.65. The number of benzene rings is 1. The first kappa shape index (κ1) is 14.5. The topological polar surface area (TPSA) is 58.5 Å². The first-order chi connectivity index (χ1) is 11.2. The van der Waals surface area contributed by atoms with Gasteiger partial charge in [0.05, 0.1) is 11.8 Å². The van der Waals surface area contributed by atoms with Crippen LogP contribution in [-0.2, 0) is 13.0 Å². The molecule has 0 aliphatic carbocycles. The number of rotatable bonds is 1. The minimum atomic E-state index is -0.274. The number of fused-ring (bicyclic) bond motifs is 2. The lowest BCUT2D eigenvalue weighted by Crippen LogP contribution is -2.39. The number of anilines is 1. The molecule has 4 rings (SSSR count). The highest BCUT2D eigenvalue weighted by Crippen LogP contribution is 2.33. The van der Waals surface area contributed by atoms with E-state index in [0.717, 1.165) is 60.0 Å². The maximum atomic E-state index is 10.0. The van der Waals surface area contributed by atoms with Gasteiger partial charge in [0.25, 0.3) is 0 Å². The summed E-state index contributed by atoms with van der Waals surface area (Å²) in [5.41, 5.74) is 3.26. The van der Waals surface area contributed by atoms with Gasteiger partial charge >= 0.3 is 0 Å². The second kappa shape index (κ2) is 5.81. The van der Waals surface area contributed by atoms with Crippen molar-refractivity contribution < 1.29 is 9.84 Å². The van der Waals surface area contributed by atoms with Crippen molar-refractivity contribution in [1.82, 2.24) is 9.97 Å². The Hall–Kier alpha value is -2.14. The maximum absolute atomic E-state index is 10.0. The number of piperidine rings is 1. The Balaban J connectivity index is 1.78. The fourth-order valence-electron chi connectivity index (χ4n) is 3.47. The van der Waals surface area contributed by atoms with Crippen molar-refractivity contribution in [3.05, 3.63) is 46.9 Å². The number of aliphatic hydroxyl groups is 1. The molecule has 120 valence electrons. The fraction of sp³-hybridized carbons (Fsp3) is 0.444. The van der Waals surface area contributed by atoms with Gasteiger partial charge in [0, 0.05) is 25.1 Å². The van der Waals surface area contributed by atoms with Crippen molar-refractivity contribution in [2.45, 2.75) is 38.9 Å². The highest BCUT2D eigenvalue weighted by molar-refractivity contribution is 5.54. The van der Waals surface area contributed by atoms with Gasteiger partial charge in [-0.15, -0.1) is 0 Å². The average molecular weight is 311 g/mol. The van der Waals surface area contributed by atoms with Crippen LogP contribution in [0.2, 0.25) is 0 Å².